The molecule has 0 aromatic heterocycles. The number of hydrogen-bond acceptors (Lipinski definition) is 3. The first kappa shape index (κ1) is 18.3. The minimum atomic E-state index is -0.194. The number of halogens is 1. The van der Waals surface area contributed by atoms with Crippen LogP contribution in [-0.4, -0.2) is 38.1 Å². The highest BCUT2D eigenvalue weighted by molar-refractivity contribution is 9.10. The molecular formula is C19H22BrN3OS. The van der Waals surface area contributed by atoms with Gasteiger partial charge in [0.2, 0.25) is 0 Å². The van der Waals surface area contributed by atoms with Crippen LogP contribution < -0.4 is 9.62 Å². The Bertz CT molecular complexity index is 794. The zero-order valence-corrected chi connectivity index (χ0v) is 16.9. The Morgan fingerprint density at radius 3 is 2.56 bits per heavy atom. The molecule has 2 aromatic rings. The summed E-state index contributed by atoms with van der Waals surface area (Å²) < 4.78 is 2.47. The summed E-state index contributed by atoms with van der Waals surface area (Å²) in [6.07, 6.45) is 1.79. The van der Waals surface area contributed by atoms with E-state index in [-0.39, 0.29) is 6.03 Å². The van der Waals surface area contributed by atoms with E-state index in [1.165, 1.54) is 26.6 Å². The quantitative estimate of drug-likeness (QED) is 0.476. The maximum Gasteiger partial charge on any atom is 0.331 e. The van der Waals surface area contributed by atoms with Gasteiger partial charge in [-0.25, -0.2) is 9.10 Å². The Morgan fingerprint density at radius 1 is 1.16 bits per heavy atom. The van der Waals surface area contributed by atoms with Crippen molar-refractivity contribution < 1.29 is 4.79 Å². The number of benzene rings is 2. The van der Waals surface area contributed by atoms with Gasteiger partial charge in [0, 0.05) is 11.0 Å². The zero-order chi connectivity index (χ0) is 18.0. The molecule has 0 saturated carbocycles. The average molecular weight is 420 g/mol. The van der Waals surface area contributed by atoms with Gasteiger partial charge >= 0.3 is 6.03 Å². The molecule has 4 nitrogen and oxygen atoms in total. The third kappa shape index (κ3) is 4.19. The lowest BCUT2D eigenvalue weighted by atomic mass is 10.1. The molecule has 3 rings (SSSR count). The summed E-state index contributed by atoms with van der Waals surface area (Å²) in [6.45, 7) is 1.58. The van der Waals surface area contributed by atoms with Crippen molar-refractivity contribution in [2.75, 3.05) is 31.5 Å². The fourth-order valence-electron chi connectivity index (χ4n) is 3.08. The molecule has 2 amide bonds. The summed E-state index contributed by atoms with van der Waals surface area (Å²) in [5, 5.41) is 2.91. The lowest BCUT2D eigenvalue weighted by molar-refractivity contribution is 0.249. The van der Waals surface area contributed by atoms with Crippen molar-refractivity contribution in [3.05, 3.63) is 52.0 Å². The van der Waals surface area contributed by atoms with Crippen molar-refractivity contribution in [2.45, 2.75) is 12.8 Å². The standard InChI is InChI=1S/C19H22BrN3OS/c1-22(2)9-3-8-21-19(24)23(25)16-5-7-18-14(12-16)10-13-11-15(20)4-6-17(13)18/h4-7,11-12,25H,3,8-10H2,1-2H3,(H,21,24). The molecule has 0 spiro atoms. The minimum absolute atomic E-state index is 0.194. The van der Waals surface area contributed by atoms with Crippen molar-refractivity contribution in [3.63, 3.8) is 0 Å². The van der Waals surface area contributed by atoms with E-state index < -0.39 is 0 Å². The number of thiol groups is 1. The second-order valence-corrected chi connectivity index (χ2v) is 7.84. The van der Waals surface area contributed by atoms with Gasteiger partial charge < -0.3 is 10.2 Å². The maximum absolute atomic E-state index is 12.3. The van der Waals surface area contributed by atoms with E-state index in [1.807, 2.05) is 20.2 Å². The predicted octanol–water partition coefficient (Wildman–Crippen LogP) is 4.33. The third-order valence-corrected chi connectivity index (χ3v) is 5.23. The van der Waals surface area contributed by atoms with Gasteiger partial charge in [-0.05, 0) is 80.0 Å². The Labute approximate surface area is 162 Å². The largest absolute Gasteiger partial charge is 0.337 e. The first-order chi connectivity index (χ1) is 12.0. The van der Waals surface area contributed by atoms with Gasteiger partial charge in [0.1, 0.15) is 0 Å². The number of amides is 2. The van der Waals surface area contributed by atoms with Crippen LogP contribution in [0.3, 0.4) is 0 Å². The fraction of sp³-hybridized carbons (Fsp3) is 0.316. The number of carbonyl (C=O) groups is 1. The summed E-state index contributed by atoms with van der Waals surface area (Å²) in [4.78, 5) is 14.4. The van der Waals surface area contributed by atoms with E-state index in [9.17, 15) is 4.79 Å². The van der Waals surface area contributed by atoms with E-state index in [0.29, 0.717) is 6.54 Å². The SMILES string of the molecule is CN(C)CCCNC(=O)N(S)c1ccc2c(c1)Cc1cc(Br)ccc1-2. The van der Waals surface area contributed by atoms with Crippen molar-refractivity contribution >= 4 is 40.5 Å². The van der Waals surface area contributed by atoms with Gasteiger partial charge in [0.05, 0.1) is 5.69 Å². The number of nitrogens with one attached hydrogen (secondary N) is 1. The molecule has 2 aromatic carbocycles. The van der Waals surface area contributed by atoms with Crippen LogP contribution in [0.15, 0.2) is 40.9 Å². The first-order valence-electron chi connectivity index (χ1n) is 8.29. The normalized spacial score (nSPS) is 12.0. The fourth-order valence-corrected chi connectivity index (χ4v) is 3.68. The topological polar surface area (TPSA) is 35.6 Å². The van der Waals surface area contributed by atoms with Crippen LogP contribution in [0.4, 0.5) is 10.5 Å². The molecule has 1 N–H and O–H groups in total. The van der Waals surface area contributed by atoms with Gasteiger partial charge in [-0.2, -0.15) is 0 Å². The Hall–Kier alpha value is -1.50. The van der Waals surface area contributed by atoms with Crippen molar-refractivity contribution in [3.8, 4) is 11.1 Å². The number of fused-ring (bicyclic) bond motifs is 3. The molecule has 0 radical (unpaired) electrons. The lowest BCUT2D eigenvalue weighted by Gasteiger charge is -2.18. The van der Waals surface area contributed by atoms with E-state index in [4.69, 9.17) is 0 Å². The number of urea groups is 1. The second kappa shape index (κ2) is 7.81. The maximum atomic E-state index is 12.3. The van der Waals surface area contributed by atoms with Gasteiger partial charge in [-0.1, -0.05) is 40.9 Å². The summed E-state index contributed by atoms with van der Waals surface area (Å²) in [5.74, 6) is 0. The molecule has 1 aliphatic carbocycles. The average Bonchev–Trinajstić information content (AvgIpc) is 2.93. The smallest absolute Gasteiger partial charge is 0.331 e. The van der Waals surface area contributed by atoms with Crippen LogP contribution in [0.1, 0.15) is 17.5 Å². The summed E-state index contributed by atoms with van der Waals surface area (Å²) >= 11 is 7.91. The van der Waals surface area contributed by atoms with E-state index in [2.05, 4.69) is 69.3 Å². The lowest BCUT2D eigenvalue weighted by Crippen LogP contribution is -2.35. The molecule has 6 heteroatoms. The highest BCUT2D eigenvalue weighted by Crippen LogP contribution is 2.39. The molecule has 0 saturated heterocycles. The molecule has 0 aliphatic heterocycles. The zero-order valence-electron chi connectivity index (χ0n) is 14.4. The monoisotopic (exact) mass is 419 g/mol. The van der Waals surface area contributed by atoms with Crippen LogP contribution in [0, 0.1) is 0 Å². The van der Waals surface area contributed by atoms with Gasteiger partial charge in [-0.15, -0.1) is 0 Å². The number of hydrogen-bond donors (Lipinski definition) is 2. The molecule has 0 fully saturated rings. The minimum Gasteiger partial charge on any atom is -0.337 e. The number of rotatable bonds is 5. The molecule has 1 aliphatic rings. The van der Waals surface area contributed by atoms with Gasteiger partial charge in [0.25, 0.3) is 0 Å². The summed E-state index contributed by atoms with van der Waals surface area (Å²) in [5.41, 5.74) is 5.83. The molecule has 0 bridgehead atoms. The molecule has 0 heterocycles. The summed E-state index contributed by atoms with van der Waals surface area (Å²) in [7, 11) is 4.04. The van der Waals surface area contributed by atoms with Crippen molar-refractivity contribution in [1.29, 1.82) is 0 Å². The van der Waals surface area contributed by atoms with Crippen LogP contribution in [0.25, 0.3) is 11.1 Å². The highest BCUT2D eigenvalue weighted by atomic mass is 79.9. The molecule has 0 unspecified atom stereocenters. The van der Waals surface area contributed by atoms with E-state index >= 15 is 0 Å². The summed E-state index contributed by atoms with van der Waals surface area (Å²) in [6, 6.07) is 12.2. The third-order valence-electron chi connectivity index (χ3n) is 4.32. The number of anilines is 1. The highest BCUT2D eigenvalue weighted by Gasteiger charge is 2.20. The van der Waals surface area contributed by atoms with E-state index in [0.717, 1.165) is 29.5 Å². The van der Waals surface area contributed by atoms with Crippen LogP contribution in [0.2, 0.25) is 0 Å². The first-order valence-corrected chi connectivity index (χ1v) is 9.48. The van der Waals surface area contributed by atoms with Crippen molar-refractivity contribution in [2.24, 2.45) is 0 Å². The van der Waals surface area contributed by atoms with Gasteiger partial charge in [-0.3, -0.25) is 0 Å². The van der Waals surface area contributed by atoms with Gasteiger partial charge in [0.15, 0.2) is 0 Å². The van der Waals surface area contributed by atoms with Crippen LogP contribution in [-0.2, 0) is 6.42 Å². The Kier molecular flexibility index (Phi) is 5.71. The molecule has 25 heavy (non-hydrogen) atoms. The Balaban J connectivity index is 1.68. The molecular weight excluding hydrogens is 398 g/mol. The molecule has 132 valence electrons. The van der Waals surface area contributed by atoms with Crippen molar-refractivity contribution in [1.82, 2.24) is 10.2 Å². The predicted molar refractivity (Wildman–Crippen MR) is 110 cm³/mol. The van der Waals surface area contributed by atoms with Crippen LogP contribution in [0.5, 0.6) is 0 Å². The second-order valence-electron chi connectivity index (χ2n) is 6.52. The molecule has 0 atom stereocenters. The number of nitrogens with zero attached hydrogens (tertiary/aromatic N) is 2. The number of carbonyl (C=O) groups excluding carboxylic acids is 1. The Morgan fingerprint density at radius 2 is 1.84 bits per heavy atom. The van der Waals surface area contributed by atoms with Crippen LogP contribution >= 0.6 is 28.7 Å². The van der Waals surface area contributed by atoms with E-state index in [1.54, 1.807) is 0 Å².